The van der Waals surface area contributed by atoms with Gasteiger partial charge < -0.3 is 9.84 Å². The first-order chi connectivity index (χ1) is 8.12. The van der Waals surface area contributed by atoms with Crippen LogP contribution in [0.5, 0.6) is 5.75 Å². The minimum Gasteiger partial charge on any atom is -0.496 e. The lowest BCUT2D eigenvalue weighted by atomic mass is 9.91. The van der Waals surface area contributed by atoms with E-state index in [1.54, 1.807) is 7.11 Å². The molecule has 0 bridgehead atoms. The molecular weight excluding hydrogens is 212 g/mol. The fourth-order valence-electron chi connectivity index (χ4n) is 2.29. The van der Waals surface area contributed by atoms with Gasteiger partial charge in [0.15, 0.2) is 0 Å². The third kappa shape index (κ3) is 3.74. The predicted octanol–water partition coefficient (Wildman–Crippen LogP) is 3.34. The van der Waals surface area contributed by atoms with E-state index in [-0.39, 0.29) is 6.10 Å². The average molecular weight is 236 g/mol. The summed E-state index contributed by atoms with van der Waals surface area (Å²) in [6.45, 7) is 6.32. The van der Waals surface area contributed by atoms with Crippen LogP contribution in [0.15, 0.2) is 18.2 Å². The van der Waals surface area contributed by atoms with Gasteiger partial charge in [-0.1, -0.05) is 44.4 Å². The highest BCUT2D eigenvalue weighted by molar-refractivity contribution is 5.37. The Morgan fingerprint density at radius 2 is 1.88 bits per heavy atom. The molecule has 0 saturated carbocycles. The lowest BCUT2D eigenvalue weighted by molar-refractivity contribution is 0.102. The molecular formula is C15H24O2. The number of benzene rings is 1. The molecule has 0 spiro atoms. The molecule has 1 atom stereocenters. The first-order valence-electron chi connectivity index (χ1n) is 6.43. The molecule has 96 valence electrons. The second-order valence-electron chi connectivity index (χ2n) is 4.66. The minimum absolute atomic E-state index is 0.277. The zero-order valence-corrected chi connectivity index (χ0v) is 11.4. The van der Waals surface area contributed by atoms with Crippen LogP contribution < -0.4 is 4.74 Å². The summed E-state index contributed by atoms with van der Waals surface area (Å²) in [5, 5.41) is 10.2. The molecule has 1 aromatic carbocycles. The van der Waals surface area contributed by atoms with E-state index in [4.69, 9.17) is 4.74 Å². The van der Waals surface area contributed by atoms with Crippen LogP contribution in [0.3, 0.4) is 0 Å². The van der Waals surface area contributed by atoms with Gasteiger partial charge in [0.25, 0.3) is 0 Å². The zero-order chi connectivity index (χ0) is 12.8. The Balaban J connectivity index is 2.82. The second-order valence-corrected chi connectivity index (χ2v) is 4.66. The molecule has 0 aromatic heterocycles. The van der Waals surface area contributed by atoms with Crippen molar-refractivity contribution in [1.29, 1.82) is 0 Å². The zero-order valence-electron chi connectivity index (χ0n) is 11.4. The Kier molecular flexibility index (Phi) is 5.49. The second kappa shape index (κ2) is 6.65. The van der Waals surface area contributed by atoms with Gasteiger partial charge in [0.1, 0.15) is 5.75 Å². The van der Waals surface area contributed by atoms with Crippen LogP contribution in [0.4, 0.5) is 0 Å². The molecule has 0 aliphatic rings. The number of aliphatic hydroxyl groups excluding tert-OH is 1. The molecule has 17 heavy (non-hydrogen) atoms. The SMILES string of the molecule is CCC(CC)C(O)Cc1cc(C)ccc1OC. The van der Waals surface area contributed by atoms with Gasteiger partial charge in [0.2, 0.25) is 0 Å². The summed E-state index contributed by atoms with van der Waals surface area (Å²) < 4.78 is 5.34. The van der Waals surface area contributed by atoms with E-state index in [9.17, 15) is 5.11 Å². The van der Waals surface area contributed by atoms with E-state index in [1.807, 2.05) is 12.1 Å². The molecule has 1 aromatic rings. The van der Waals surface area contributed by atoms with Crippen molar-refractivity contribution in [3.8, 4) is 5.75 Å². The molecule has 0 fully saturated rings. The third-order valence-corrected chi connectivity index (χ3v) is 3.46. The fraction of sp³-hybridized carbons (Fsp3) is 0.600. The molecule has 0 heterocycles. The van der Waals surface area contributed by atoms with Crippen molar-refractivity contribution < 1.29 is 9.84 Å². The Morgan fingerprint density at radius 1 is 1.24 bits per heavy atom. The number of rotatable bonds is 6. The van der Waals surface area contributed by atoms with Gasteiger partial charge in [-0.25, -0.2) is 0 Å². The van der Waals surface area contributed by atoms with E-state index in [1.165, 1.54) is 5.56 Å². The lowest BCUT2D eigenvalue weighted by Gasteiger charge is -2.21. The number of hydrogen-bond acceptors (Lipinski definition) is 2. The van der Waals surface area contributed by atoms with Gasteiger partial charge in [0, 0.05) is 6.42 Å². The highest BCUT2D eigenvalue weighted by atomic mass is 16.5. The van der Waals surface area contributed by atoms with Gasteiger partial charge >= 0.3 is 0 Å². The van der Waals surface area contributed by atoms with Crippen LogP contribution in [-0.2, 0) is 6.42 Å². The van der Waals surface area contributed by atoms with E-state index >= 15 is 0 Å². The van der Waals surface area contributed by atoms with Crippen LogP contribution in [0, 0.1) is 12.8 Å². The molecule has 0 aliphatic heterocycles. The minimum atomic E-state index is -0.277. The van der Waals surface area contributed by atoms with Gasteiger partial charge in [-0.3, -0.25) is 0 Å². The monoisotopic (exact) mass is 236 g/mol. The van der Waals surface area contributed by atoms with Crippen LogP contribution in [0.1, 0.15) is 37.8 Å². The molecule has 2 heteroatoms. The van der Waals surface area contributed by atoms with Crippen molar-refractivity contribution >= 4 is 0 Å². The summed E-state index contributed by atoms with van der Waals surface area (Å²) in [7, 11) is 1.68. The lowest BCUT2D eigenvalue weighted by Crippen LogP contribution is -2.22. The van der Waals surface area contributed by atoms with E-state index < -0.39 is 0 Å². The van der Waals surface area contributed by atoms with E-state index in [0.717, 1.165) is 24.2 Å². The maximum atomic E-state index is 10.2. The molecule has 1 rings (SSSR count). The summed E-state index contributed by atoms with van der Waals surface area (Å²) >= 11 is 0. The Bertz CT molecular complexity index is 343. The maximum absolute atomic E-state index is 10.2. The smallest absolute Gasteiger partial charge is 0.122 e. The quantitative estimate of drug-likeness (QED) is 0.821. The molecule has 1 unspecified atom stereocenters. The van der Waals surface area contributed by atoms with Gasteiger partial charge in [-0.15, -0.1) is 0 Å². The Morgan fingerprint density at radius 3 is 2.41 bits per heavy atom. The maximum Gasteiger partial charge on any atom is 0.122 e. The van der Waals surface area contributed by atoms with Crippen molar-refractivity contribution in [2.24, 2.45) is 5.92 Å². The van der Waals surface area contributed by atoms with E-state index in [2.05, 4.69) is 26.8 Å². The molecule has 0 radical (unpaired) electrons. The van der Waals surface area contributed by atoms with Gasteiger partial charge in [-0.2, -0.15) is 0 Å². The van der Waals surface area contributed by atoms with E-state index in [0.29, 0.717) is 12.3 Å². The van der Waals surface area contributed by atoms with Crippen LogP contribution >= 0.6 is 0 Å². The van der Waals surface area contributed by atoms with Crippen LogP contribution in [0.2, 0.25) is 0 Å². The average Bonchev–Trinajstić information content (AvgIpc) is 2.31. The number of hydrogen-bond donors (Lipinski definition) is 1. The summed E-state index contributed by atoms with van der Waals surface area (Å²) in [4.78, 5) is 0. The molecule has 0 amide bonds. The summed E-state index contributed by atoms with van der Waals surface area (Å²) in [5.41, 5.74) is 2.31. The Hall–Kier alpha value is -1.02. The first-order valence-corrected chi connectivity index (χ1v) is 6.43. The molecule has 1 N–H and O–H groups in total. The van der Waals surface area contributed by atoms with Crippen molar-refractivity contribution in [3.05, 3.63) is 29.3 Å². The summed E-state index contributed by atoms with van der Waals surface area (Å²) in [5.74, 6) is 1.25. The number of ether oxygens (including phenoxy) is 1. The number of aryl methyl sites for hydroxylation is 1. The standard InChI is InChI=1S/C15H24O2/c1-5-12(6-2)14(16)10-13-9-11(3)7-8-15(13)17-4/h7-9,12,14,16H,5-6,10H2,1-4H3. The Labute approximate surface area is 105 Å². The molecule has 0 aliphatic carbocycles. The normalized spacial score (nSPS) is 12.8. The van der Waals surface area contributed by atoms with Gasteiger partial charge in [-0.05, 0) is 24.5 Å². The largest absolute Gasteiger partial charge is 0.496 e. The summed E-state index contributed by atoms with van der Waals surface area (Å²) in [6, 6.07) is 6.11. The van der Waals surface area contributed by atoms with Gasteiger partial charge in [0.05, 0.1) is 13.2 Å². The molecule has 2 nitrogen and oxygen atoms in total. The van der Waals surface area contributed by atoms with Crippen molar-refractivity contribution in [2.75, 3.05) is 7.11 Å². The third-order valence-electron chi connectivity index (χ3n) is 3.46. The fourth-order valence-corrected chi connectivity index (χ4v) is 2.29. The predicted molar refractivity (Wildman–Crippen MR) is 71.5 cm³/mol. The molecule has 0 saturated heterocycles. The van der Waals surface area contributed by atoms with Crippen molar-refractivity contribution in [1.82, 2.24) is 0 Å². The van der Waals surface area contributed by atoms with Crippen LogP contribution in [0.25, 0.3) is 0 Å². The summed E-state index contributed by atoms with van der Waals surface area (Å²) in [6.07, 6.45) is 2.44. The number of aliphatic hydroxyl groups is 1. The van der Waals surface area contributed by atoms with Crippen molar-refractivity contribution in [2.45, 2.75) is 46.1 Å². The topological polar surface area (TPSA) is 29.5 Å². The highest BCUT2D eigenvalue weighted by Crippen LogP contribution is 2.24. The highest BCUT2D eigenvalue weighted by Gasteiger charge is 2.17. The van der Waals surface area contributed by atoms with Crippen molar-refractivity contribution in [3.63, 3.8) is 0 Å². The van der Waals surface area contributed by atoms with Crippen LogP contribution in [-0.4, -0.2) is 18.3 Å². The number of methoxy groups -OCH3 is 1. The first kappa shape index (κ1) is 14.0.